The van der Waals surface area contributed by atoms with Gasteiger partial charge in [-0.05, 0) is 35.9 Å². The van der Waals surface area contributed by atoms with E-state index in [-0.39, 0.29) is 5.56 Å². The Morgan fingerprint density at radius 1 is 1.30 bits per heavy atom. The lowest BCUT2D eigenvalue weighted by Crippen LogP contribution is -2.19. The zero-order chi connectivity index (χ0) is 14.7. The number of hydrogen-bond acceptors (Lipinski definition) is 2. The van der Waals surface area contributed by atoms with E-state index in [4.69, 9.17) is 16.7 Å². The van der Waals surface area contributed by atoms with Gasteiger partial charge in [-0.25, -0.2) is 9.18 Å². The first-order valence-corrected chi connectivity index (χ1v) is 6.33. The van der Waals surface area contributed by atoms with Crippen LogP contribution in [0.2, 0.25) is 5.02 Å². The van der Waals surface area contributed by atoms with Gasteiger partial charge in [-0.15, -0.1) is 0 Å². The van der Waals surface area contributed by atoms with E-state index in [0.717, 1.165) is 11.6 Å². The Hall–Kier alpha value is -2.07. The van der Waals surface area contributed by atoms with Gasteiger partial charge < -0.3 is 10.0 Å². The van der Waals surface area contributed by atoms with Gasteiger partial charge in [0.1, 0.15) is 5.82 Å². The molecular formula is C15H13ClFNO2. The smallest absolute Gasteiger partial charge is 0.337 e. The molecular weight excluding hydrogens is 281 g/mol. The van der Waals surface area contributed by atoms with Crippen LogP contribution in [0, 0.1) is 5.82 Å². The van der Waals surface area contributed by atoms with Gasteiger partial charge in [0.05, 0.1) is 11.3 Å². The van der Waals surface area contributed by atoms with E-state index in [9.17, 15) is 9.18 Å². The summed E-state index contributed by atoms with van der Waals surface area (Å²) in [5.74, 6) is -1.72. The van der Waals surface area contributed by atoms with Crippen LogP contribution in [0.25, 0.3) is 0 Å². The summed E-state index contributed by atoms with van der Waals surface area (Å²) in [6, 6.07) is 11.0. The minimum Gasteiger partial charge on any atom is -0.478 e. The summed E-state index contributed by atoms with van der Waals surface area (Å²) in [6.07, 6.45) is 0. The Labute approximate surface area is 121 Å². The Morgan fingerprint density at radius 2 is 2.05 bits per heavy atom. The molecule has 0 aromatic heterocycles. The summed E-state index contributed by atoms with van der Waals surface area (Å²) >= 11 is 5.91. The van der Waals surface area contributed by atoms with Crippen molar-refractivity contribution in [2.75, 3.05) is 11.9 Å². The second-order valence-electron chi connectivity index (χ2n) is 4.45. The highest BCUT2D eigenvalue weighted by molar-refractivity contribution is 6.30. The largest absolute Gasteiger partial charge is 0.478 e. The summed E-state index contributed by atoms with van der Waals surface area (Å²) in [7, 11) is 1.75. The van der Waals surface area contributed by atoms with Crippen LogP contribution in [-0.4, -0.2) is 18.1 Å². The first kappa shape index (κ1) is 14.3. The molecule has 20 heavy (non-hydrogen) atoms. The molecule has 2 rings (SSSR count). The van der Waals surface area contributed by atoms with E-state index in [0.29, 0.717) is 17.3 Å². The van der Waals surface area contributed by atoms with Gasteiger partial charge in [-0.1, -0.05) is 23.7 Å². The molecule has 0 bridgehead atoms. The van der Waals surface area contributed by atoms with Crippen LogP contribution < -0.4 is 4.90 Å². The van der Waals surface area contributed by atoms with Crippen molar-refractivity contribution in [3.05, 3.63) is 64.4 Å². The highest BCUT2D eigenvalue weighted by atomic mass is 35.5. The van der Waals surface area contributed by atoms with Gasteiger partial charge >= 0.3 is 5.97 Å². The van der Waals surface area contributed by atoms with Crippen LogP contribution >= 0.6 is 11.6 Å². The van der Waals surface area contributed by atoms with E-state index in [1.54, 1.807) is 18.0 Å². The predicted octanol–water partition coefficient (Wildman–Crippen LogP) is 3.81. The fourth-order valence-corrected chi connectivity index (χ4v) is 2.22. The molecule has 0 spiro atoms. The topological polar surface area (TPSA) is 40.5 Å². The lowest BCUT2D eigenvalue weighted by Gasteiger charge is -2.21. The molecule has 0 unspecified atom stereocenters. The molecule has 1 N–H and O–H groups in total. The molecule has 0 amide bonds. The molecule has 2 aromatic rings. The Balaban J connectivity index is 2.29. The number of halogens is 2. The molecule has 104 valence electrons. The van der Waals surface area contributed by atoms with Crippen LogP contribution in [0.3, 0.4) is 0 Å². The molecule has 0 aliphatic heterocycles. The molecule has 0 aliphatic carbocycles. The maximum atomic E-state index is 13.2. The Bertz CT molecular complexity index is 646. The zero-order valence-electron chi connectivity index (χ0n) is 10.8. The number of rotatable bonds is 4. The lowest BCUT2D eigenvalue weighted by atomic mass is 10.1. The lowest BCUT2D eigenvalue weighted by molar-refractivity contribution is 0.0697. The van der Waals surface area contributed by atoms with E-state index in [1.165, 1.54) is 12.1 Å². The van der Waals surface area contributed by atoms with Crippen LogP contribution in [0.5, 0.6) is 0 Å². The molecule has 0 saturated carbocycles. The first-order chi connectivity index (χ1) is 9.47. The molecule has 0 radical (unpaired) electrons. The monoisotopic (exact) mass is 293 g/mol. The van der Waals surface area contributed by atoms with Crippen LogP contribution in [-0.2, 0) is 6.54 Å². The van der Waals surface area contributed by atoms with E-state index in [2.05, 4.69) is 0 Å². The average molecular weight is 294 g/mol. The molecule has 0 aliphatic rings. The molecule has 0 heterocycles. The minimum absolute atomic E-state index is 0.0606. The fraction of sp³-hybridized carbons (Fsp3) is 0.133. The fourth-order valence-electron chi connectivity index (χ4n) is 2.01. The molecule has 0 atom stereocenters. The summed E-state index contributed by atoms with van der Waals surface area (Å²) in [6.45, 7) is 0.479. The second-order valence-corrected chi connectivity index (χ2v) is 4.89. The predicted molar refractivity (Wildman–Crippen MR) is 76.9 cm³/mol. The number of anilines is 1. The summed E-state index contributed by atoms with van der Waals surface area (Å²) in [5.41, 5.74) is 1.34. The van der Waals surface area contributed by atoms with E-state index < -0.39 is 11.8 Å². The third kappa shape index (κ3) is 3.27. The third-order valence-electron chi connectivity index (χ3n) is 2.91. The van der Waals surface area contributed by atoms with Crippen LogP contribution in [0.15, 0.2) is 42.5 Å². The first-order valence-electron chi connectivity index (χ1n) is 5.96. The molecule has 2 aromatic carbocycles. The van der Waals surface area contributed by atoms with Gasteiger partial charge in [-0.2, -0.15) is 0 Å². The highest BCUT2D eigenvalue weighted by Crippen LogP contribution is 2.23. The van der Waals surface area contributed by atoms with Gasteiger partial charge in [0.2, 0.25) is 0 Å². The van der Waals surface area contributed by atoms with E-state index >= 15 is 0 Å². The quantitative estimate of drug-likeness (QED) is 0.932. The highest BCUT2D eigenvalue weighted by Gasteiger charge is 2.14. The number of hydrogen-bond donors (Lipinski definition) is 1. The van der Waals surface area contributed by atoms with Crippen molar-refractivity contribution in [3.8, 4) is 0 Å². The second kappa shape index (κ2) is 5.92. The number of nitrogens with zero attached hydrogens (tertiary/aromatic N) is 1. The van der Waals surface area contributed by atoms with Crippen molar-refractivity contribution < 1.29 is 14.3 Å². The van der Waals surface area contributed by atoms with Gasteiger partial charge in [0.25, 0.3) is 0 Å². The number of carbonyl (C=O) groups is 1. The summed E-state index contributed by atoms with van der Waals surface area (Å²) in [5, 5.41) is 9.75. The van der Waals surface area contributed by atoms with Crippen molar-refractivity contribution in [3.63, 3.8) is 0 Å². The van der Waals surface area contributed by atoms with Gasteiger partial charge in [0.15, 0.2) is 0 Å². The number of carboxylic acids is 1. The number of aromatic carboxylic acids is 1. The van der Waals surface area contributed by atoms with Crippen molar-refractivity contribution in [1.82, 2.24) is 0 Å². The zero-order valence-corrected chi connectivity index (χ0v) is 11.6. The maximum absolute atomic E-state index is 13.2. The van der Waals surface area contributed by atoms with Gasteiger partial charge in [-0.3, -0.25) is 0 Å². The van der Waals surface area contributed by atoms with Crippen LogP contribution in [0.1, 0.15) is 15.9 Å². The minimum atomic E-state index is -1.16. The number of benzene rings is 2. The average Bonchev–Trinajstić information content (AvgIpc) is 2.38. The van der Waals surface area contributed by atoms with E-state index in [1.807, 2.05) is 18.2 Å². The normalized spacial score (nSPS) is 10.3. The maximum Gasteiger partial charge on any atom is 0.337 e. The van der Waals surface area contributed by atoms with Crippen molar-refractivity contribution in [2.45, 2.75) is 6.54 Å². The van der Waals surface area contributed by atoms with Crippen molar-refractivity contribution in [2.24, 2.45) is 0 Å². The molecule has 0 fully saturated rings. The molecule has 5 heteroatoms. The number of carboxylic acid groups (broad SMARTS) is 1. The summed E-state index contributed by atoms with van der Waals surface area (Å²) in [4.78, 5) is 12.9. The SMILES string of the molecule is CN(Cc1cccc(Cl)c1)c1ccc(F)cc1C(=O)O. The van der Waals surface area contributed by atoms with Gasteiger partial charge in [0, 0.05) is 18.6 Å². The van der Waals surface area contributed by atoms with Crippen molar-refractivity contribution >= 4 is 23.3 Å². The molecule has 3 nitrogen and oxygen atoms in total. The standard InChI is InChI=1S/C15H13ClFNO2/c1-18(9-10-3-2-4-11(16)7-10)14-6-5-12(17)8-13(14)15(19)20/h2-8H,9H2,1H3,(H,19,20). The van der Waals surface area contributed by atoms with Crippen LogP contribution in [0.4, 0.5) is 10.1 Å². The third-order valence-corrected chi connectivity index (χ3v) is 3.14. The van der Waals surface area contributed by atoms with Crippen molar-refractivity contribution in [1.29, 1.82) is 0 Å². The molecule has 0 saturated heterocycles. The summed E-state index contributed by atoms with van der Waals surface area (Å²) < 4.78 is 13.2. The Morgan fingerprint density at radius 3 is 2.70 bits per heavy atom. The Kier molecular flexibility index (Phi) is 4.25.